The number of anilines is 1. The van der Waals surface area contributed by atoms with Gasteiger partial charge in [0.05, 0.1) is 4.92 Å². The Kier molecular flexibility index (Phi) is 5.69. The summed E-state index contributed by atoms with van der Waals surface area (Å²) in [6.07, 6.45) is 7.34. The number of carbonyl (C=O) groups is 1. The van der Waals surface area contributed by atoms with E-state index in [2.05, 4.69) is 10.3 Å². The van der Waals surface area contributed by atoms with E-state index in [-0.39, 0.29) is 11.6 Å². The van der Waals surface area contributed by atoms with Crippen molar-refractivity contribution in [2.75, 3.05) is 5.32 Å². The van der Waals surface area contributed by atoms with Crippen molar-refractivity contribution < 1.29 is 9.72 Å². The molecule has 27 heavy (non-hydrogen) atoms. The van der Waals surface area contributed by atoms with E-state index in [1.165, 1.54) is 23.8 Å². The minimum atomic E-state index is -0.460. The molecule has 0 aliphatic rings. The number of hydrogen-bond acceptors (Lipinski definition) is 4. The SMILES string of the molecule is O=C(C=Cc1ccc([N+](=O)[O-])cc1)Nc1ccc(Cc2ccncc2)cc1. The van der Waals surface area contributed by atoms with Crippen LogP contribution in [0.3, 0.4) is 0 Å². The van der Waals surface area contributed by atoms with E-state index in [1.54, 1.807) is 30.6 Å². The summed E-state index contributed by atoms with van der Waals surface area (Å²) in [6, 6.07) is 17.6. The standard InChI is InChI=1S/C21H17N3O3/c25-21(10-5-16-3-8-20(9-4-16)24(26)27)23-19-6-1-17(2-7-19)15-18-11-13-22-14-12-18/h1-14H,15H2,(H,23,25). The normalized spacial score (nSPS) is 10.7. The first kappa shape index (κ1) is 18.0. The lowest BCUT2D eigenvalue weighted by Crippen LogP contribution is -2.07. The fraction of sp³-hybridized carbons (Fsp3) is 0.0476. The van der Waals surface area contributed by atoms with Crippen LogP contribution >= 0.6 is 0 Å². The Morgan fingerprint density at radius 3 is 2.22 bits per heavy atom. The molecule has 0 bridgehead atoms. The molecule has 1 N–H and O–H groups in total. The number of nitrogens with zero attached hydrogens (tertiary/aromatic N) is 2. The fourth-order valence-corrected chi connectivity index (χ4v) is 2.51. The molecule has 0 radical (unpaired) electrons. The summed E-state index contributed by atoms with van der Waals surface area (Å²) in [5.41, 5.74) is 3.74. The van der Waals surface area contributed by atoms with Gasteiger partial charge in [0.2, 0.25) is 5.91 Å². The average Bonchev–Trinajstić information content (AvgIpc) is 2.69. The van der Waals surface area contributed by atoms with Gasteiger partial charge in [0.25, 0.3) is 5.69 Å². The summed E-state index contributed by atoms with van der Waals surface area (Å²) in [5.74, 6) is -0.268. The van der Waals surface area contributed by atoms with Crippen LogP contribution in [0.15, 0.2) is 79.1 Å². The Morgan fingerprint density at radius 1 is 0.963 bits per heavy atom. The molecule has 0 fully saturated rings. The highest BCUT2D eigenvalue weighted by atomic mass is 16.6. The molecule has 1 heterocycles. The van der Waals surface area contributed by atoms with E-state index in [9.17, 15) is 14.9 Å². The van der Waals surface area contributed by atoms with Gasteiger partial charge in [-0.2, -0.15) is 0 Å². The number of rotatable bonds is 6. The summed E-state index contributed by atoms with van der Waals surface area (Å²) in [4.78, 5) is 26.2. The van der Waals surface area contributed by atoms with Crippen molar-refractivity contribution in [3.63, 3.8) is 0 Å². The first-order valence-electron chi connectivity index (χ1n) is 8.31. The van der Waals surface area contributed by atoms with Crippen molar-refractivity contribution in [3.05, 3.63) is 106 Å². The molecule has 0 aliphatic heterocycles. The average molecular weight is 359 g/mol. The van der Waals surface area contributed by atoms with Crippen LogP contribution in [0.4, 0.5) is 11.4 Å². The number of benzene rings is 2. The molecule has 0 unspecified atom stereocenters. The lowest BCUT2D eigenvalue weighted by Gasteiger charge is -2.05. The molecule has 134 valence electrons. The predicted molar refractivity (Wildman–Crippen MR) is 104 cm³/mol. The molecule has 6 nitrogen and oxygen atoms in total. The Balaban J connectivity index is 1.56. The summed E-state index contributed by atoms with van der Waals surface area (Å²) < 4.78 is 0. The number of hydrogen-bond donors (Lipinski definition) is 1. The zero-order valence-electron chi connectivity index (χ0n) is 14.4. The van der Waals surface area contributed by atoms with E-state index >= 15 is 0 Å². The Labute approximate surface area is 156 Å². The van der Waals surface area contributed by atoms with Gasteiger partial charge in [-0.05, 0) is 65.6 Å². The molecule has 1 aromatic heterocycles. The number of nitro benzene ring substituents is 1. The van der Waals surface area contributed by atoms with Crippen LogP contribution in [-0.4, -0.2) is 15.8 Å². The third-order valence-corrected chi connectivity index (χ3v) is 3.91. The maximum Gasteiger partial charge on any atom is 0.269 e. The summed E-state index contributed by atoms with van der Waals surface area (Å²) in [5, 5.41) is 13.4. The van der Waals surface area contributed by atoms with Crippen molar-refractivity contribution in [2.24, 2.45) is 0 Å². The minimum absolute atomic E-state index is 0.0171. The van der Waals surface area contributed by atoms with Crippen LogP contribution in [0, 0.1) is 10.1 Å². The van der Waals surface area contributed by atoms with Crippen molar-refractivity contribution >= 4 is 23.4 Å². The molecule has 6 heteroatoms. The van der Waals surface area contributed by atoms with Gasteiger partial charge in [-0.25, -0.2) is 0 Å². The monoisotopic (exact) mass is 359 g/mol. The van der Waals surface area contributed by atoms with Gasteiger partial charge in [0.15, 0.2) is 0 Å². The van der Waals surface area contributed by atoms with Gasteiger partial charge in [-0.3, -0.25) is 19.9 Å². The molecule has 1 amide bonds. The quantitative estimate of drug-likeness (QED) is 0.405. The number of pyridine rings is 1. The summed E-state index contributed by atoms with van der Waals surface area (Å²) in [6.45, 7) is 0. The minimum Gasteiger partial charge on any atom is -0.323 e. The van der Waals surface area contributed by atoms with Crippen molar-refractivity contribution in [1.82, 2.24) is 4.98 Å². The maximum atomic E-state index is 12.0. The Bertz CT molecular complexity index is 950. The number of amides is 1. The van der Waals surface area contributed by atoms with Gasteiger partial charge in [-0.15, -0.1) is 0 Å². The molecule has 3 aromatic rings. The third kappa shape index (κ3) is 5.34. The topological polar surface area (TPSA) is 85.1 Å². The molecule has 0 saturated heterocycles. The lowest BCUT2D eigenvalue weighted by atomic mass is 10.1. The Morgan fingerprint density at radius 2 is 1.59 bits per heavy atom. The van der Waals surface area contributed by atoms with Crippen LogP contribution in [0.1, 0.15) is 16.7 Å². The predicted octanol–water partition coefficient (Wildman–Crippen LogP) is 4.23. The van der Waals surface area contributed by atoms with Crippen LogP contribution in [0.25, 0.3) is 6.08 Å². The fourth-order valence-electron chi connectivity index (χ4n) is 2.51. The molecule has 3 rings (SSSR count). The van der Waals surface area contributed by atoms with Crippen LogP contribution in [0.2, 0.25) is 0 Å². The van der Waals surface area contributed by atoms with Crippen LogP contribution in [0.5, 0.6) is 0 Å². The van der Waals surface area contributed by atoms with Gasteiger partial charge >= 0.3 is 0 Å². The van der Waals surface area contributed by atoms with E-state index in [1.807, 2.05) is 36.4 Å². The van der Waals surface area contributed by atoms with Crippen molar-refractivity contribution in [3.8, 4) is 0 Å². The first-order chi connectivity index (χ1) is 13.1. The number of aromatic nitrogens is 1. The van der Waals surface area contributed by atoms with Gasteiger partial charge in [-0.1, -0.05) is 12.1 Å². The van der Waals surface area contributed by atoms with Crippen molar-refractivity contribution in [2.45, 2.75) is 6.42 Å². The van der Waals surface area contributed by atoms with Crippen molar-refractivity contribution in [1.29, 1.82) is 0 Å². The van der Waals surface area contributed by atoms with Crippen LogP contribution < -0.4 is 5.32 Å². The van der Waals surface area contributed by atoms with Gasteiger partial charge in [0.1, 0.15) is 0 Å². The van der Waals surface area contributed by atoms with E-state index in [0.717, 1.165) is 12.0 Å². The third-order valence-electron chi connectivity index (χ3n) is 3.91. The second-order valence-corrected chi connectivity index (χ2v) is 5.90. The molecular formula is C21H17N3O3. The molecule has 0 saturated carbocycles. The highest BCUT2D eigenvalue weighted by molar-refractivity contribution is 6.01. The number of carbonyl (C=O) groups excluding carboxylic acids is 1. The number of non-ortho nitro benzene ring substituents is 1. The number of nitro groups is 1. The van der Waals surface area contributed by atoms with Gasteiger partial charge < -0.3 is 5.32 Å². The smallest absolute Gasteiger partial charge is 0.269 e. The molecular weight excluding hydrogens is 342 g/mol. The highest BCUT2D eigenvalue weighted by Crippen LogP contribution is 2.15. The Hall–Kier alpha value is -3.80. The summed E-state index contributed by atoms with van der Waals surface area (Å²) in [7, 11) is 0. The van der Waals surface area contributed by atoms with Gasteiger partial charge in [0, 0.05) is 36.3 Å². The second kappa shape index (κ2) is 8.53. The lowest BCUT2D eigenvalue weighted by molar-refractivity contribution is -0.384. The largest absolute Gasteiger partial charge is 0.323 e. The van der Waals surface area contributed by atoms with Crippen LogP contribution in [-0.2, 0) is 11.2 Å². The molecule has 0 aliphatic carbocycles. The molecule has 0 atom stereocenters. The first-order valence-corrected chi connectivity index (χ1v) is 8.31. The molecule has 2 aromatic carbocycles. The second-order valence-electron chi connectivity index (χ2n) is 5.90. The maximum absolute atomic E-state index is 12.0. The van der Waals surface area contributed by atoms with E-state index < -0.39 is 4.92 Å². The molecule has 0 spiro atoms. The summed E-state index contributed by atoms with van der Waals surface area (Å²) >= 11 is 0. The highest BCUT2D eigenvalue weighted by Gasteiger charge is 2.03. The zero-order valence-corrected chi connectivity index (χ0v) is 14.4. The van der Waals surface area contributed by atoms with E-state index in [0.29, 0.717) is 11.3 Å². The zero-order chi connectivity index (χ0) is 19.1. The van der Waals surface area contributed by atoms with E-state index in [4.69, 9.17) is 0 Å². The number of nitrogens with one attached hydrogen (secondary N) is 1.